The third-order valence-corrected chi connectivity index (χ3v) is 5.77. The number of esters is 2. The molecule has 0 unspecified atom stereocenters. The van der Waals surface area contributed by atoms with Crippen LogP contribution in [0.1, 0.15) is 83.1 Å². The Labute approximate surface area is 209 Å². The molecule has 35 heavy (non-hydrogen) atoms. The number of aryl methyl sites for hydroxylation is 2. The highest BCUT2D eigenvalue weighted by Crippen LogP contribution is 2.40. The summed E-state index contributed by atoms with van der Waals surface area (Å²) in [7, 11) is 0. The van der Waals surface area contributed by atoms with Crippen molar-refractivity contribution in [3.05, 3.63) is 58.7 Å². The molecule has 0 aromatic heterocycles. The normalized spacial score (nSPS) is 11.8. The Hall–Kier alpha value is -3.02. The van der Waals surface area contributed by atoms with Gasteiger partial charge in [-0.25, -0.2) is 0 Å². The molecular weight excluding hydrogens is 444 g/mol. The number of rotatable bonds is 10. The predicted octanol–water partition coefficient (Wildman–Crippen LogP) is 5.73. The predicted molar refractivity (Wildman–Crippen MR) is 137 cm³/mol. The fourth-order valence-corrected chi connectivity index (χ4v) is 3.71. The molecule has 0 heterocycles. The van der Waals surface area contributed by atoms with E-state index < -0.39 is 0 Å². The fourth-order valence-electron chi connectivity index (χ4n) is 3.71. The summed E-state index contributed by atoms with van der Waals surface area (Å²) in [5.74, 6) is -0.0837. The first-order valence-corrected chi connectivity index (χ1v) is 12.2. The summed E-state index contributed by atoms with van der Waals surface area (Å²) in [4.78, 5) is 24.1. The van der Waals surface area contributed by atoms with Crippen LogP contribution in [-0.2, 0) is 42.7 Å². The van der Waals surface area contributed by atoms with Gasteiger partial charge in [0.15, 0.2) is 0 Å². The number of hydrogen-bond acceptors (Lipinski definition) is 6. The second-order valence-corrected chi connectivity index (χ2v) is 11.0. The third kappa shape index (κ3) is 9.27. The van der Waals surface area contributed by atoms with Crippen LogP contribution >= 0.6 is 0 Å². The molecule has 0 fully saturated rings. The zero-order valence-electron chi connectivity index (χ0n) is 21.9. The minimum Gasteiger partial charge on any atom is -0.508 e. The van der Waals surface area contributed by atoms with Gasteiger partial charge < -0.3 is 19.7 Å². The zero-order valence-corrected chi connectivity index (χ0v) is 21.9. The maximum absolute atomic E-state index is 12.2. The summed E-state index contributed by atoms with van der Waals surface area (Å²) in [5, 5.41) is 20.1. The van der Waals surface area contributed by atoms with E-state index in [4.69, 9.17) is 9.47 Å². The van der Waals surface area contributed by atoms with Crippen LogP contribution in [0.25, 0.3) is 0 Å². The maximum atomic E-state index is 12.2. The number of aromatic hydroxyl groups is 2. The van der Waals surface area contributed by atoms with Gasteiger partial charge in [0.1, 0.15) is 11.5 Å². The van der Waals surface area contributed by atoms with E-state index in [1.54, 1.807) is 24.3 Å². The average Bonchev–Trinajstić information content (AvgIpc) is 2.76. The van der Waals surface area contributed by atoms with Gasteiger partial charge in [-0.2, -0.15) is 0 Å². The Bertz CT molecular complexity index is 958. The number of benzene rings is 2. The van der Waals surface area contributed by atoms with Crippen molar-refractivity contribution in [3.63, 3.8) is 0 Å². The Morgan fingerprint density at radius 1 is 0.714 bits per heavy atom. The topological polar surface area (TPSA) is 93.1 Å². The number of phenols is 2. The summed E-state index contributed by atoms with van der Waals surface area (Å²) >= 11 is 0. The van der Waals surface area contributed by atoms with Gasteiger partial charge >= 0.3 is 11.9 Å². The molecule has 0 aliphatic carbocycles. The second-order valence-electron chi connectivity index (χ2n) is 11.0. The Morgan fingerprint density at radius 2 is 1.14 bits per heavy atom. The lowest BCUT2D eigenvalue weighted by Crippen LogP contribution is -2.18. The molecular formula is C29H40O6. The van der Waals surface area contributed by atoms with Gasteiger partial charge in [-0.1, -0.05) is 65.8 Å². The molecule has 0 radical (unpaired) electrons. The minimum absolute atomic E-state index is 0.193. The van der Waals surface area contributed by atoms with Crippen molar-refractivity contribution >= 4 is 11.9 Å². The van der Waals surface area contributed by atoms with Crippen LogP contribution in [0.2, 0.25) is 0 Å². The van der Waals surface area contributed by atoms with Crippen molar-refractivity contribution in [1.82, 2.24) is 0 Å². The number of carbonyl (C=O) groups excluding carboxylic acids is 2. The van der Waals surface area contributed by atoms with Crippen LogP contribution in [-0.4, -0.2) is 35.4 Å². The largest absolute Gasteiger partial charge is 0.508 e. The summed E-state index contributed by atoms with van der Waals surface area (Å²) in [6.07, 6.45) is 2.00. The van der Waals surface area contributed by atoms with Gasteiger partial charge in [0.05, 0.1) is 13.2 Å². The van der Waals surface area contributed by atoms with Crippen molar-refractivity contribution < 1.29 is 29.3 Å². The van der Waals surface area contributed by atoms with Gasteiger partial charge in [-0.05, 0) is 58.1 Å². The van der Waals surface area contributed by atoms with Crippen molar-refractivity contribution in [1.29, 1.82) is 0 Å². The molecule has 0 aliphatic heterocycles. The highest BCUT2D eigenvalue weighted by Gasteiger charge is 2.26. The van der Waals surface area contributed by atoms with E-state index in [0.717, 1.165) is 22.3 Å². The van der Waals surface area contributed by atoms with Crippen molar-refractivity contribution in [2.24, 2.45) is 0 Å². The Kier molecular flexibility index (Phi) is 9.75. The average molecular weight is 485 g/mol. The number of carbonyl (C=O) groups is 2. The van der Waals surface area contributed by atoms with Gasteiger partial charge in [-0.3, -0.25) is 9.59 Å². The zero-order chi connectivity index (χ0) is 26.2. The minimum atomic E-state index is -0.305. The van der Waals surface area contributed by atoms with Crippen molar-refractivity contribution in [3.8, 4) is 11.5 Å². The molecule has 2 aromatic rings. The molecule has 2 N–H and O–H groups in total. The standard InChI is InChI=1S/C29H40O6/c1-28(2,3)23-18-21(19-24(27(23)33)29(4,5)6)11-15-26(32)35-17-7-16-34-25(31)14-10-20-8-12-22(30)13-9-20/h8-9,12-13,18-19,30,33H,7,10-11,14-17H2,1-6H3. The molecule has 0 bridgehead atoms. The van der Waals surface area contributed by atoms with Gasteiger partial charge in [0.25, 0.3) is 0 Å². The highest BCUT2D eigenvalue weighted by molar-refractivity contribution is 5.70. The lowest BCUT2D eigenvalue weighted by molar-refractivity contribution is -0.146. The summed E-state index contributed by atoms with van der Waals surface area (Å²) < 4.78 is 10.5. The van der Waals surface area contributed by atoms with E-state index in [2.05, 4.69) is 41.5 Å². The fraction of sp³-hybridized carbons (Fsp3) is 0.517. The van der Waals surface area contributed by atoms with E-state index >= 15 is 0 Å². The molecule has 0 aliphatic rings. The number of hydrogen-bond donors (Lipinski definition) is 2. The maximum Gasteiger partial charge on any atom is 0.306 e. The monoisotopic (exact) mass is 484 g/mol. The molecule has 6 heteroatoms. The second kappa shape index (κ2) is 12.1. The quantitative estimate of drug-likeness (QED) is 0.330. The lowest BCUT2D eigenvalue weighted by atomic mass is 9.78. The van der Waals surface area contributed by atoms with E-state index in [-0.39, 0.29) is 54.6 Å². The van der Waals surface area contributed by atoms with E-state index in [0.29, 0.717) is 25.0 Å². The molecule has 2 rings (SSSR count). The molecule has 0 saturated carbocycles. The van der Waals surface area contributed by atoms with Gasteiger partial charge in [0, 0.05) is 19.3 Å². The Balaban J connectivity index is 1.75. The SMILES string of the molecule is CC(C)(C)c1cc(CCC(=O)OCCCOC(=O)CCc2ccc(O)cc2)cc(C(C)(C)C)c1O. The number of ether oxygens (including phenoxy) is 2. The number of phenolic OH excluding ortho intramolecular Hbond substituents is 2. The summed E-state index contributed by atoms with van der Waals surface area (Å²) in [5.41, 5.74) is 3.26. The van der Waals surface area contributed by atoms with E-state index in [1.165, 1.54) is 0 Å². The van der Waals surface area contributed by atoms with E-state index in [9.17, 15) is 19.8 Å². The molecule has 0 spiro atoms. The molecule has 192 valence electrons. The molecule has 0 amide bonds. The van der Waals surface area contributed by atoms with Crippen LogP contribution in [0.5, 0.6) is 11.5 Å². The van der Waals surface area contributed by atoms with Crippen LogP contribution in [0.3, 0.4) is 0 Å². The Morgan fingerprint density at radius 3 is 1.57 bits per heavy atom. The van der Waals surface area contributed by atoms with E-state index in [1.807, 2.05) is 12.1 Å². The smallest absolute Gasteiger partial charge is 0.306 e. The molecule has 0 saturated heterocycles. The van der Waals surface area contributed by atoms with Gasteiger partial charge in [0.2, 0.25) is 0 Å². The van der Waals surface area contributed by atoms with Crippen LogP contribution in [0, 0.1) is 0 Å². The molecule has 6 nitrogen and oxygen atoms in total. The third-order valence-electron chi connectivity index (χ3n) is 5.77. The summed E-state index contributed by atoms with van der Waals surface area (Å²) in [6, 6.07) is 10.7. The van der Waals surface area contributed by atoms with Gasteiger partial charge in [-0.15, -0.1) is 0 Å². The highest BCUT2D eigenvalue weighted by atomic mass is 16.5. The first kappa shape index (κ1) is 28.2. The molecule has 0 atom stereocenters. The first-order chi connectivity index (χ1) is 16.3. The lowest BCUT2D eigenvalue weighted by Gasteiger charge is -2.28. The van der Waals surface area contributed by atoms with Crippen molar-refractivity contribution in [2.75, 3.05) is 13.2 Å². The molecule has 2 aromatic carbocycles. The first-order valence-electron chi connectivity index (χ1n) is 12.2. The van der Waals surface area contributed by atoms with Crippen LogP contribution < -0.4 is 0 Å². The van der Waals surface area contributed by atoms with Crippen LogP contribution in [0.4, 0.5) is 0 Å². The summed E-state index contributed by atoms with van der Waals surface area (Å²) in [6.45, 7) is 12.8. The van der Waals surface area contributed by atoms with Crippen LogP contribution in [0.15, 0.2) is 36.4 Å². The van der Waals surface area contributed by atoms with Crippen molar-refractivity contribution in [2.45, 2.75) is 84.5 Å².